The van der Waals surface area contributed by atoms with Gasteiger partial charge >= 0.3 is 0 Å². The predicted molar refractivity (Wildman–Crippen MR) is 86.2 cm³/mol. The minimum absolute atomic E-state index is 0.413. The Hall–Kier alpha value is -0.910. The zero-order valence-corrected chi connectivity index (χ0v) is 14.5. The second-order valence-electron chi connectivity index (χ2n) is 6.16. The van der Waals surface area contributed by atoms with Crippen LogP contribution in [0.25, 0.3) is 0 Å². The summed E-state index contributed by atoms with van der Waals surface area (Å²) in [4.78, 5) is 0.519. The van der Waals surface area contributed by atoms with Crippen molar-refractivity contribution in [3.63, 3.8) is 0 Å². The van der Waals surface area contributed by atoms with Crippen LogP contribution in [-0.4, -0.2) is 39.4 Å². The maximum atomic E-state index is 13.0. The molecule has 0 amide bonds. The highest BCUT2D eigenvalue weighted by atomic mass is 32.2. The first-order valence-electron chi connectivity index (χ1n) is 7.51. The van der Waals surface area contributed by atoms with Crippen LogP contribution in [-0.2, 0) is 10.0 Å². The molecule has 118 valence electrons. The molecule has 2 rings (SSSR count). The number of hydrogen-bond donors (Lipinski definition) is 1. The number of hydrogen-bond acceptors (Lipinski definition) is 3. The highest BCUT2D eigenvalue weighted by Gasteiger charge is 2.34. The molecule has 21 heavy (non-hydrogen) atoms. The molecular weight excluding hydrogens is 284 g/mol. The van der Waals surface area contributed by atoms with E-state index in [1.54, 1.807) is 4.31 Å². The van der Waals surface area contributed by atoms with E-state index in [1.807, 2.05) is 34.7 Å². The topological polar surface area (TPSA) is 49.4 Å². The standard InChI is InChI=1S/C16H26N2O2S/c1-11-8-12(2)14(4)16(13(11)3)21(19,20)18-7-6-15(10-18)9-17-5/h8,15,17H,6-7,9-10H2,1-5H3. The maximum Gasteiger partial charge on any atom is 0.243 e. The molecule has 0 aromatic heterocycles. The molecule has 5 heteroatoms. The molecule has 0 radical (unpaired) electrons. The Morgan fingerprint density at radius 2 is 1.76 bits per heavy atom. The number of aryl methyl sites for hydroxylation is 2. The fourth-order valence-corrected chi connectivity index (χ4v) is 5.27. The van der Waals surface area contributed by atoms with Gasteiger partial charge in [0, 0.05) is 13.1 Å². The van der Waals surface area contributed by atoms with Crippen LogP contribution >= 0.6 is 0 Å². The van der Waals surface area contributed by atoms with Gasteiger partial charge in [-0.1, -0.05) is 6.07 Å². The van der Waals surface area contributed by atoms with Gasteiger partial charge < -0.3 is 5.32 Å². The second-order valence-corrected chi connectivity index (χ2v) is 8.04. The summed E-state index contributed by atoms with van der Waals surface area (Å²) in [5, 5.41) is 3.14. The number of nitrogens with zero attached hydrogens (tertiary/aromatic N) is 1. The number of sulfonamides is 1. The first-order chi connectivity index (χ1) is 9.78. The van der Waals surface area contributed by atoms with E-state index in [0.29, 0.717) is 23.9 Å². The molecule has 1 aromatic rings. The van der Waals surface area contributed by atoms with Gasteiger partial charge in [-0.25, -0.2) is 8.42 Å². The third-order valence-electron chi connectivity index (χ3n) is 4.64. The smallest absolute Gasteiger partial charge is 0.243 e. The minimum Gasteiger partial charge on any atom is -0.319 e. The van der Waals surface area contributed by atoms with Crippen molar-refractivity contribution in [2.24, 2.45) is 5.92 Å². The molecule has 1 saturated heterocycles. The Labute approximate surface area is 128 Å². The van der Waals surface area contributed by atoms with E-state index in [9.17, 15) is 8.42 Å². The molecule has 4 nitrogen and oxygen atoms in total. The lowest BCUT2D eigenvalue weighted by Gasteiger charge is -2.22. The van der Waals surface area contributed by atoms with Gasteiger partial charge in [-0.15, -0.1) is 0 Å². The van der Waals surface area contributed by atoms with Crippen LogP contribution in [0.5, 0.6) is 0 Å². The Morgan fingerprint density at radius 1 is 1.19 bits per heavy atom. The molecule has 1 aliphatic rings. The van der Waals surface area contributed by atoms with Crippen molar-refractivity contribution >= 4 is 10.0 Å². The average molecular weight is 310 g/mol. The molecule has 0 spiro atoms. The summed E-state index contributed by atoms with van der Waals surface area (Å²) in [6, 6.07) is 2.07. The average Bonchev–Trinajstić information content (AvgIpc) is 2.86. The van der Waals surface area contributed by atoms with Gasteiger partial charge in [-0.05, 0) is 75.9 Å². The van der Waals surface area contributed by atoms with Crippen LogP contribution in [0.3, 0.4) is 0 Å². The molecule has 1 unspecified atom stereocenters. The van der Waals surface area contributed by atoms with Crippen molar-refractivity contribution in [3.8, 4) is 0 Å². The SMILES string of the molecule is CNCC1CCN(S(=O)(=O)c2c(C)c(C)cc(C)c2C)C1. The lowest BCUT2D eigenvalue weighted by atomic mass is 10.0. The summed E-state index contributed by atoms with van der Waals surface area (Å²) in [6.07, 6.45) is 0.933. The predicted octanol–water partition coefficient (Wildman–Crippen LogP) is 2.15. The second kappa shape index (κ2) is 6.07. The Bertz CT molecular complexity index is 612. The third kappa shape index (κ3) is 3.00. The van der Waals surface area contributed by atoms with E-state index in [-0.39, 0.29) is 0 Å². The Balaban J connectivity index is 2.42. The molecule has 0 saturated carbocycles. The van der Waals surface area contributed by atoms with E-state index >= 15 is 0 Å². The van der Waals surface area contributed by atoms with E-state index in [2.05, 4.69) is 11.4 Å². The zero-order chi connectivity index (χ0) is 15.8. The van der Waals surface area contributed by atoms with E-state index in [4.69, 9.17) is 0 Å². The first kappa shape index (κ1) is 16.5. The van der Waals surface area contributed by atoms with Crippen LogP contribution in [0.2, 0.25) is 0 Å². The summed E-state index contributed by atoms with van der Waals surface area (Å²) >= 11 is 0. The monoisotopic (exact) mass is 310 g/mol. The molecule has 1 fully saturated rings. The molecule has 1 atom stereocenters. The number of nitrogens with one attached hydrogen (secondary N) is 1. The van der Waals surface area contributed by atoms with Gasteiger partial charge in [0.2, 0.25) is 10.0 Å². The maximum absolute atomic E-state index is 13.0. The summed E-state index contributed by atoms with van der Waals surface area (Å²) in [6.45, 7) is 9.90. The van der Waals surface area contributed by atoms with Crippen LogP contribution in [0.15, 0.2) is 11.0 Å². The van der Waals surface area contributed by atoms with Crippen molar-refractivity contribution in [1.82, 2.24) is 9.62 Å². The van der Waals surface area contributed by atoms with Crippen LogP contribution in [0, 0.1) is 33.6 Å². The van der Waals surface area contributed by atoms with Gasteiger partial charge in [0.1, 0.15) is 0 Å². The van der Waals surface area contributed by atoms with Crippen molar-refractivity contribution in [2.75, 3.05) is 26.7 Å². The quantitative estimate of drug-likeness (QED) is 0.927. The fourth-order valence-electron chi connectivity index (χ4n) is 3.17. The van der Waals surface area contributed by atoms with Crippen molar-refractivity contribution in [2.45, 2.75) is 39.0 Å². The Morgan fingerprint density at radius 3 is 2.29 bits per heavy atom. The van der Waals surface area contributed by atoms with Gasteiger partial charge in [0.05, 0.1) is 4.90 Å². The van der Waals surface area contributed by atoms with Gasteiger partial charge in [-0.3, -0.25) is 0 Å². The molecule has 1 heterocycles. The Kier molecular flexibility index (Phi) is 4.76. The van der Waals surface area contributed by atoms with Crippen LogP contribution in [0.4, 0.5) is 0 Å². The highest BCUT2D eigenvalue weighted by molar-refractivity contribution is 7.89. The number of benzene rings is 1. The minimum atomic E-state index is -3.39. The molecule has 1 aliphatic heterocycles. The third-order valence-corrected chi connectivity index (χ3v) is 6.78. The first-order valence-corrected chi connectivity index (χ1v) is 8.95. The van der Waals surface area contributed by atoms with Gasteiger partial charge in [0.15, 0.2) is 0 Å². The highest BCUT2D eigenvalue weighted by Crippen LogP contribution is 2.31. The van der Waals surface area contributed by atoms with Crippen LogP contribution < -0.4 is 5.32 Å². The fraction of sp³-hybridized carbons (Fsp3) is 0.625. The molecule has 1 aromatic carbocycles. The van der Waals surface area contributed by atoms with E-state index < -0.39 is 10.0 Å². The van der Waals surface area contributed by atoms with Gasteiger partial charge in [-0.2, -0.15) is 4.31 Å². The lowest BCUT2D eigenvalue weighted by molar-refractivity contribution is 0.450. The largest absolute Gasteiger partial charge is 0.319 e. The van der Waals surface area contributed by atoms with E-state index in [0.717, 1.165) is 35.2 Å². The summed E-state index contributed by atoms with van der Waals surface area (Å²) < 4.78 is 27.7. The normalized spacial score (nSPS) is 20.1. The van der Waals surface area contributed by atoms with Crippen molar-refractivity contribution in [1.29, 1.82) is 0 Å². The summed E-state index contributed by atoms with van der Waals surface area (Å²) in [5.41, 5.74) is 3.86. The lowest BCUT2D eigenvalue weighted by Crippen LogP contribution is -2.31. The van der Waals surface area contributed by atoms with Crippen molar-refractivity contribution < 1.29 is 8.42 Å². The molecule has 0 aliphatic carbocycles. The van der Waals surface area contributed by atoms with Gasteiger partial charge in [0.25, 0.3) is 0 Å². The molecule has 0 bridgehead atoms. The van der Waals surface area contributed by atoms with E-state index in [1.165, 1.54) is 0 Å². The zero-order valence-electron chi connectivity index (χ0n) is 13.7. The number of rotatable bonds is 4. The molecular formula is C16H26N2O2S. The molecule has 1 N–H and O–H groups in total. The summed E-state index contributed by atoms with van der Waals surface area (Å²) in [7, 11) is -1.48. The van der Waals surface area contributed by atoms with Crippen molar-refractivity contribution in [3.05, 3.63) is 28.3 Å². The summed E-state index contributed by atoms with van der Waals surface area (Å²) in [5.74, 6) is 0.413. The van der Waals surface area contributed by atoms with Crippen LogP contribution in [0.1, 0.15) is 28.7 Å².